The third-order valence-electron chi connectivity index (χ3n) is 4.14. The van der Waals surface area contributed by atoms with Gasteiger partial charge in [0.1, 0.15) is 0 Å². The third-order valence-corrected chi connectivity index (χ3v) is 4.14. The number of nitrogens with one attached hydrogen (secondary N) is 1. The molecule has 20 heavy (non-hydrogen) atoms. The van der Waals surface area contributed by atoms with Crippen molar-refractivity contribution in [1.82, 2.24) is 10.3 Å². The SMILES string of the molecule is Cc1ccc2cc(CNC3CCCC3C#N)ccc2n1. The van der Waals surface area contributed by atoms with Crippen LogP contribution in [0.1, 0.15) is 30.5 Å². The smallest absolute Gasteiger partial charge is 0.0705 e. The van der Waals surface area contributed by atoms with Crippen molar-refractivity contribution in [1.29, 1.82) is 5.26 Å². The predicted molar refractivity (Wildman–Crippen MR) is 80.1 cm³/mol. The molecule has 1 aliphatic carbocycles. The van der Waals surface area contributed by atoms with E-state index in [-0.39, 0.29) is 5.92 Å². The molecule has 1 N–H and O–H groups in total. The maximum atomic E-state index is 9.10. The Balaban J connectivity index is 1.72. The van der Waals surface area contributed by atoms with Gasteiger partial charge >= 0.3 is 0 Å². The molecule has 0 radical (unpaired) electrons. The molecule has 0 saturated heterocycles. The maximum Gasteiger partial charge on any atom is 0.0705 e. The molecule has 3 heteroatoms. The highest BCUT2D eigenvalue weighted by Gasteiger charge is 2.26. The number of benzene rings is 1. The fraction of sp³-hybridized carbons (Fsp3) is 0.412. The molecule has 102 valence electrons. The van der Waals surface area contributed by atoms with Crippen LogP contribution in [0.15, 0.2) is 30.3 Å². The van der Waals surface area contributed by atoms with E-state index in [4.69, 9.17) is 5.26 Å². The van der Waals surface area contributed by atoms with Crippen molar-refractivity contribution in [2.45, 2.75) is 38.8 Å². The second-order valence-electron chi connectivity index (χ2n) is 5.63. The molecule has 1 aliphatic rings. The quantitative estimate of drug-likeness (QED) is 0.926. The van der Waals surface area contributed by atoms with E-state index in [0.717, 1.165) is 37.0 Å². The van der Waals surface area contributed by atoms with E-state index in [1.807, 2.05) is 13.0 Å². The van der Waals surface area contributed by atoms with E-state index < -0.39 is 0 Å². The fourth-order valence-electron chi connectivity index (χ4n) is 2.99. The molecule has 1 saturated carbocycles. The van der Waals surface area contributed by atoms with E-state index in [2.05, 4.69) is 40.6 Å². The Morgan fingerprint density at radius 1 is 1.30 bits per heavy atom. The van der Waals surface area contributed by atoms with Gasteiger partial charge in [-0.15, -0.1) is 0 Å². The highest BCUT2D eigenvalue weighted by atomic mass is 14.9. The number of fused-ring (bicyclic) bond motifs is 1. The van der Waals surface area contributed by atoms with Crippen LogP contribution in [0.5, 0.6) is 0 Å². The summed E-state index contributed by atoms with van der Waals surface area (Å²) in [4.78, 5) is 4.52. The van der Waals surface area contributed by atoms with Crippen LogP contribution in [-0.2, 0) is 6.54 Å². The Labute approximate surface area is 119 Å². The predicted octanol–water partition coefficient (Wildman–Crippen LogP) is 3.33. The molecule has 2 unspecified atom stereocenters. The van der Waals surface area contributed by atoms with Crippen molar-refractivity contribution < 1.29 is 0 Å². The number of hydrogen-bond acceptors (Lipinski definition) is 3. The zero-order chi connectivity index (χ0) is 13.9. The number of aromatic nitrogens is 1. The van der Waals surface area contributed by atoms with Gasteiger partial charge in [0.05, 0.1) is 17.5 Å². The summed E-state index contributed by atoms with van der Waals surface area (Å²) < 4.78 is 0. The molecular formula is C17H19N3. The molecule has 0 spiro atoms. The molecule has 3 nitrogen and oxygen atoms in total. The lowest BCUT2D eigenvalue weighted by Gasteiger charge is -2.15. The van der Waals surface area contributed by atoms with E-state index >= 15 is 0 Å². The second-order valence-corrected chi connectivity index (χ2v) is 5.63. The van der Waals surface area contributed by atoms with Crippen molar-refractivity contribution in [2.24, 2.45) is 5.92 Å². The lowest BCUT2D eigenvalue weighted by molar-refractivity contribution is 0.464. The molecule has 1 heterocycles. The summed E-state index contributed by atoms with van der Waals surface area (Å²) in [5, 5.41) is 13.8. The van der Waals surface area contributed by atoms with Gasteiger partial charge < -0.3 is 5.32 Å². The summed E-state index contributed by atoms with van der Waals surface area (Å²) in [7, 11) is 0. The first-order valence-electron chi connectivity index (χ1n) is 7.25. The summed E-state index contributed by atoms with van der Waals surface area (Å²) in [5.74, 6) is 0.180. The van der Waals surface area contributed by atoms with Crippen LogP contribution in [0.25, 0.3) is 10.9 Å². The largest absolute Gasteiger partial charge is 0.309 e. The van der Waals surface area contributed by atoms with Crippen LogP contribution in [0, 0.1) is 24.2 Å². The first kappa shape index (κ1) is 13.1. The average molecular weight is 265 g/mol. The van der Waals surface area contributed by atoms with E-state index in [0.29, 0.717) is 6.04 Å². The Kier molecular flexibility index (Phi) is 3.66. The average Bonchev–Trinajstić information content (AvgIpc) is 2.92. The van der Waals surface area contributed by atoms with Crippen LogP contribution < -0.4 is 5.32 Å². The standard InChI is InChI=1S/C17H19N3/c1-12-5-7-14-9-13(6-8-17(14)20-12)11-19-16-4-2-3-15(16)10-18/h5-9,15-16,19H,2-4,11H2,1H3. The Morgan fingerprint density at radius 3 is 3.05 bits per heavy atom. The highest BCUT2D eigenvalue weighted by molar-refractivity contribution is 5.79. The molecule has 1 aromatic carbocycles. The summed E-state index contributed by atoms with van der Waals surface area (Å²) in [6.07, 6.45) is 3.32. The first-order valence-corrected chi connectivity index (χ1v) is 7.25. The minimum Gasteiger partial charge on any atom is -0.309 e. The molecule has 1 fully saturated rings. The molecule has 3 rings (SSSR count). The normalized spacial score (nSPS) is 22.0. The number of aryl methyl sites for hydroxylation is 1. The lowest BCUT2D eigenvalue weighted by Crippen LogP contribution is -2.31. The van der Waals surface area contributed by atoms with Gasteiger partial charge in [0.2, 0.25) is 0 Å². The zero-order valence-corrected chi connectivity index (χ0v) is 11.8. The molecule has 0 bridgehead atoms. The monoisotopic (exact) mass is 265 g/mol. The molecule has 2 aromatic rings. The topological polar surface area (TPSA) is 48.7 Å². The van der Waals surface area contributed by atoms with Crippen molar-refractivity contribution in [2.75, 3.05) is 0 Å². The number of rotatable bonds is 3. The molecule has 2 atom stereocenters. The first-order chi connectivity index (χ1) is 9.76. The van der Waals surface area contributed by atoms with Gasteiger partial charge in [-0.25, -0.2) is 0 Å². The summed E-state index contributed by atoms with van der Waals surface area (Å²) in [6.45, 7) is 2.84. The number of hydrogen-bond donors (Lipinski definition) is 1. The van der Waals surface area contributed by atoms with Gasteiger partial charge in [0, 0.05) is 23.7 Å². The molecule has 1 aromatic heterocycles. The molecule has 0 amide bonds. The Morgan fingerprint density at radius 2 is 2.20 bits per heavy atom. The number of nitriles is 1. The van der Waals surface area contributed by atoms with Crippen molar-refractivity contribution >= 4 is 10.9 Å². The van der Waals surface area contributed by atoms with Crippen LogP contribution >= 0.6 is 0 Å². The van der Waals surface area contributed by atoms with Crippen molar-refractivity contribution in [3.05, 3.63) is 41.6 Å². The number of pyridine rings is 1. The van der Waals surface area contributed by atoms with Crippen LogP contribution in [0.2, 0.25) is 0 Å². The van der Waals surface area contributed by atoms with Crippen LogP contribution in [0.3, 0.4) is 0 Å². The minimum absolute atomic E-state index is 0.180. The van der Waals surface area contributed by atoms with Crippen molar-refractivity contribution in [3.8, 4) is 6.07 Å². The van der Waals surface area contributed by atoms with Gasteiger partial charge in [0.25, 0.3) is 0 Å². The maximum absolute atomic E-state index is 9.10. The highest BCUT2D eigenvalue weighted by Crippen LogP contribution is 2.25. The van der Waals surface area contributed by atoms with Crippen molar-refractivity contribution in [3.63, 3.8) is 0 Å². The van der Waals surface area contributed by atoms with Gasteiger partial charge in [-0.3, -0.25) is 4.98 Å². The molecular weight excluding hydrogens is 246 g/mol. The van der Waals surface area contributed by atoms with Gasteiger partial charge in [-0.1, -0.05) is 18.6 Å². The van der Waals surface area contributed by atoms with E-state index in [1.54, 1.807) is 0 Å². The molecule has 0 aliphatic heterocycles. The van der Waals surface area contributed by atoms with E-state index in [1.165, 1.54) is 10.9 Å². The van der Waals surface area contributed by atoms with E-state index in [9.17, 15) is 0 Å². The number of nitrogens with zero attached hydrogens (tertiary/aromatic N) is 2. The minimum atomic E-state index is 0.180. The fourth-order valence-corrected chi connectivity index (χ4v) is 2.99. The van der Waals surface area contributed by atoms with Gasteiger partial charge in [-0.2, -0.15) is 5.26 Å². The van der Waals surface area contributed by atoms with Gasteiger partial charge in [0.15, 0.2) is 0 Å². The Hall–Kier alpha value is -1.92. The summed E-state index contributed by atoms with van der Waals surface area (Å²) in [6, 6.07) is 13.3. The van der Waals surface area contributed by atoms with Gasteiger partial charge in [-0.05, 0) is 43.5 Å². The lowest BCUT2D eigenvalue weighted by atomic mass is 10.0. The van der Waals surface area contributed by atoms with Crippen LogP contribution in [-0.4, -0.2) is 11.0 Å². The van der Waals surface area contributed by atoms with Crippen LogP contribution in [0.4, 0.5) is 0 Å². The zero-order valence-electron chi connectivity index (χ0n) is 11.8. The third kappa shape index (κ3) is 2.66. The Bertz CT molecular complexity index is 657. The summed E-state index contributed by atoms with van der Waals surface area (Å²) in [5.41, 5.74) is 3.35. The second kappa shape index (κ2) is 5.60. The summed E-state index contributed by atoms with van der Waals surface area (Å²) >= 11 is 0.